The van der Waals surface area contributed by atoms with Gasteiger partial charge in [0.25, 0.3) is 0 Å². The van der Waals surface area contributed by atoms with Gasteiger partial charge >= 0.3 is 5.97 Å². The van der Waals surface area contributed by atoms with E-state index < -0.39 is 12.1 Å². The molecule has 4 atom stereocenters. The number of esters is 1. The van der Waals surface area contributed by atoms with E-state index in [-0.39, 0.29) is 30.3 Å². The highest BCUT2D eigenvalue weighted by Crippen LogP contribution is 2.40. The number of hydrogen-bond acceptors (Lipinski definition) is 6. The molecule has 6 nitrogen and oxygen atoms in total. The molecular weight excluding hydrogens is 492 g/mol. The highest BCUT2D eigenvalue weighted by Gasteiger charge is 2.39. The number of epoxide rings is 1. The third-order valence-corrected chi connectivity index (χ3v) is 7.37. The lowest BCUT2D eigenvalue weighted by molar-refractivity contribution is 0.0303. The SMILES string of the molecule is CCCCCCOc1cc(OCCCCCC)c2c(c1Cl)C[C@@H](O)/C=C/CC[C@@H]1O[C@H]1C[C@@H](C)OC2=O. The summed E-state index contributed by atoms with van der Waals surface area (Å²) in [6.07, 6.45) is 13.9. The predicted molar refractivity (Wildman–Crippen MR) is 147 cm³/mol. The van der Waals surface area contributed by atoms with Crippen molar-refractivity contribution in [3.8, 4) is 11.5 Å². The summed E-state index contributed by atoms with van der Waals surface area (Å²) in [7, 11) is 0. The van der Waals surface area contributed by atoms with Crippen molar-refractivity contribution in [2.75, 3.05) is 13.2 Å². The van der Waals surface area contributed by atoms with E-state index in [1.54, 1.807) is 12.1 Å². The molecule has 37 heavy (non-hydrogen) atoms. The van der Waals surface area contributed by atoms with Gasteiger partial charge in [-0.3, -0.25) is 0 Å². The largest absolute Gasteiger partial charge is 0.493 e. The molecule has 1 aromatic carbocycles. The molecule has 2 aliphatic heterocycles. The van der Waals surface area contributed by atoms with Crippen LogP contribution in [-0.4, -0.2) is 48.7 Å². The second-order valence-electron chi connectivity index (χ2n) is 10.3. The van der Waals surface area contributed by atoms with Gasteiger partial charge < -0.3 is 24.1 Å². The van der Waals surface area contributed by atoms with Gasteiger partial charge in [0.15, 0.2) is 0 Å². The number of aliphatic hydroxyl groups excluding tert-OH is 1. The molecule has 1 aromatic rings. The Morgan fingerprint density at radius 2 is 1.68 bits per heavy atom. The molecule has 2 heterocycles. The number of aliphatic hydroxyl groups is 1. The van der Waals surface area contributed by atoms with Crippen molar-refractivity contribution in [3.05, 3.63) is 34.4 Å². The molecule has 0 aliphatic carbocycles. The van der Waals surface area contributed by atoms with E-state index in [0.717, 1.165) is 64.2 Å². The number of halogens is 1. The lowest BCUT2D eigenvalue weighted by Crippen LogP contribution is -2.21. The first-order chi connectivity index (χ1) is 17.9. The lowest BCUT2D eigenvalue weighted by atomic mass is 9.98. The summed E-state index contributed by atoms with van der Waals surface area (Å²) < 4.78 is 23.9. The third kappa shape index (κ3) is 9.49. The molecule has 208 valence electrons. The minimum absolute atomic E-state index is 0.102. The zero-order valence-corrected chi connectivity index (χ0v) is 23.6. The van der Waals surface area contributed by atoms with Crippen LogP contribution >= 0.6 is 11.6 Å². The van der Waals surface area contributed by atoms with Gasteiger partial charge in [0.05, 0.1) is 36.5 Å². The monoisotopic (exact) mass is 536 g/mol. The quantitative estimate of drug-likeness (QED) is 0.131. The van der Waals surface area contributed by atoms with Gasteiger partial charge in [-0.1, -0.05) is 76.1 Å². The van der Waals surface area contributed by atoms with E-state index >= 15 is 0 Å². The first-order valence-corrected chi connectivity index (χ1v) is 14.6. The maximum atomic E-state index is 13.5. The number of unbranched alkanes of at least 4 members (excludes halogenated alkanes) is 6. The van der Waals surface area contributed by atoms with Gasteiger partial charge in [-0.15, -0.1) is 0 Å². The van der Waals surface area contributed by atoms with Crippen LogP contribution in [0.1, 0.15) is 107 Å². The van der Waals surface area contributed by atoms with Crippen LogP contribution in [0.4, 0.5) is 0 Å². The molecular formula is C30H45ClO6. The zero-order valence-electron chi connectivity index (χ0n) is 22.8. The van der Waals surface area contributed by atoms with E-state index in [0.29, 0.717) is 41.7 Å². The van der Waals surface area contributed by atoms with Crippen LogP contribution < -0.4 is 9.47 Å². The summed E-state index contributed by atoms with van der Waals surface area (Å²) in [5, 5.41) is 11.2. The second-order valence-corrected chi connectivity index (χ2v) is 10.7. The summed E-state index contributed by atoms with van der Waals surface area (Å²) in [6, 6.07) is 1.72. The highest BCUT2D eigenvalue weighted by atomic mass is 35.5. The molecule has 3 rings (SSSR count). The fraction of sp³-hybridized carbons (Fsp3) is 0.700. The van der Waals surface area contributed by atoms with Crippen molar-refractivity contribution >= 4 is 17.6 Å². The Morgan fingerprint density at radius 1 is 1.00 bits per heavy atom. The van der Waals surface area contributed by atoms with Gasteiger partial charge in [-0.25, -0.2) is 4.79 Å². The van der Waals surface area contributed by atoms with E-state index in [1.165, 1.54) is 0 Å². The van der Waals surface area contributed by atoms with E-state index in [4.69, 9.17) is 30.5 Å². The summed E-state index contributed by atoms with van der Waals surface area (Å²) in [6.45, 7) is 7.23. The van der Waals surface area contributed by atoms with E-state index in [1.807, 2.05) is 13.0 Å². The molecule has 2 aliphatic rings. The van der Waals surface area contributed by atoms with Crippen LogP contribution in [-0.2, 0) is 15.9 Å². The zero-order chi connectivity index (χ0) is 26.6. The van der Waals surface area contributed by atoms with Gasteiger partial charge in [-0.2, -0.15) is 0 Å². The number of hydrogen-bond donors (Lipinski definition) is 1. The molecule has 1 saturated heterocycles. The second kappa shape index (κ2) is 15.6. The Balaban J connectivity index is 1.92. The van der Waals surface area contributed by atoms with Crippen LogP contribution in [0.5, 0.6) is 11.5 Å². The van der Waals surface area contributed by atoms with Crippen molar-refractivity contribution in [2.45, 2.75) is 122 Å². The number of fused-ring (bicyclic) bond motifs is 2. The van der Waals surface area contributed by atoms with Gasteiger partial charge in [0.2, 0.25) is 0 Å². The average molecular weight is 537 g/mol. The first kappa shape index (κ1) is 29.8. The Kier molecular flexibility index (Phi) is 12.6. The topological polar surface area (TPSA) is 77.5 Å². The van der Waals surface area contributed by atoms with Crippen LogP contribution in [0.2, 0.25) is 5.02 Å². The molecule has 0 amide bonds. The first-order valence-electron chi connectivity index (χ1n) is 14.3. The minimum atomic E-state index is -0.808. The highest BCUT2D eigenvalue weighted by molar-refractivity contribution is 6.33. The number of ether oxygens (including phenoxy) is 4. The Labute approximate surface area is 227 Å². The smallest absolute Gasteiger partial charge is 0.342 e. The number of benzene rings is 1. The number of carbonyl (C=O) groups is 1. The van der Waals surface area contributed by atoms with E-state index in [9.17, 15) is 9.90 Å². The Morgan fingerprint density at radius 3 is 2.35 bits per heavy atom. The molecule has 0 aromatic heterocycles. The number of cyclic esters (lactones) is 1. The van der Waals surface area contributed by atoms with Crippen molar-refractivity contribution in [1.29, 1.82) is 0 Å². The summed E-state index contributed by atoms with van der Waals surface area (Å²) in [5.74, 6) is 0.390. The summed E-state index contributed by atoms with van der Waals surface area (Å²) in [4.78, 5) is 13.5. The molecule has 0 bridgehead atoms. The maximum Gasteiger partial charge on any atom is 0.342 e. The number of allylic oxidation sites excluding steroid dienone is 1. The third-order valence-electron chi connectivity index (χ3n) is 6.96. The molecule has 0 saturated carbocycles. The lowest BCUT2D eigenvalue weighted by Gasteiger charge is -2.22. The maximum absolute atomic E-state index is 13.5. The molecule has 7 heteroatoms. The molecule has 0 radical (unpaired) electrons. The Bertz CT molecular complexity index is 885. The standard InChI is InChI=1S/C30H45ClO6/c1-4-6-8-12-16-34-26-20-27(35-17-13-9-7-5-2)29(31)23-19-22(32)14-10-11-15-24-25(37-24)18-21(3)36-30(33)28(23)26/h10,14,20-22,24-25,32H,4-9,11-13,15-19H2,1-3H3/b14-10+/t21-,22+,24+,25+/m1/s1. The van der Waals surface area contributed by atoms with Crippen molar-refractivity contribution in [3.63, 3.8) is 0 Å². The predicted octanol–water partition coefficient (Wildman–Crippen LogP) is 7.21. The normalized spacial score (nSPS) is 24.8. The van der Waals surface area contributed by atoms with Crippen molar-refractivity contribution in [1.82, 2.24) is 0 Å². The van der Waals surface area contributed by atoms with Gasteiger partial charge in [-0.05, 0) is 38.2 Å². The average Bonchev–Trinajstić information content (AvgIpc) is 3.60. The summed E-state index contributed by atoms with van der Waals surface area (Å²) in [5.41, 5.74) is 0.784. The van der Waals surface area contributed by atoms with Crippen LogP contribution in [0.3, 0.4) is 0 Å². The molecule has 0 unspecified atom stereocenters. The van der Waals surface area contributed by atoms with Gasteiger partial charge in [0.1, 0.15) is 23.2 Å². The van der Waals surface area contributed by atoms with E-state index in [2.05, 4.69) is 13.8 Å². The fourth-order valence-corrected chi connectivity index (χ4v) is 5.05. The summed E-state index contributed by atoms with van der Waals surface area (Å²) >= 11 is 6.85. The molecule has 1 fully saturated rings. The number of carbonyl (C=O) groups excluding carboxylic acids is 1. The Hall–Kier alpha value is -1.76. The van der Waals surface area contributed by atoms with Crippen LogP contribution in [0, 0.1) is 0 Å². The minimum Gasteiger partial charge on any atom is -0.493 e. The molecule has 0 spiro atoms. The molecule has 1 N–H and O–H groups in total. The van der Waals surface area contributed by atoms with Crippen molar-refractivity contribution in [2.24, 2.45) is 0 Å². The number of rotatable bonds is 12. The fourth-order valence-electron chi connectivity index (χ4n) is 4.77. The van der Waals surface area contributed by atoms with Crippen molar-refractivity contribution < 1.29 is 28.8 Å². The van der Waals surface area contributed by atoms with Crippen LogP contribution in [0.25, 0.3) is 0 Å². The van der Waals surface area contributed by atoms with Gasteiger partial charge in [0, 0.05) is 18.9 Å². The van der Waals surface area contributed by atoms with Crippen LogP contribution in [0.15, 0.2) is 18.2 Å².